The minimum absolute atomic E-state index is 0.150. The fourth-order valence-electron chi connectivity index (χ4n) is 3.13. The van der Waals surface area contributed by atoms with Crippen molar-refractivity contribution in [1.29, 1.82) is 0 Å². The van der Waals surface area contributed by atoms with Crippen molar-refractivity contribution in [3.8, 4) is 0 Å². The number of alkyl halides is 2. The lowest BCUT2D eigenvalue weighted by atomic mass is 10.1. The van der Waals surface area contributed by atoms with Gasteiger partial charge in [0.1, 0.15) is 6.20 Å². The van der Waals surface area contributed by atoms with Crippen molar-refractivity contribution in [1.82, 2.24) is 9.97 Å². The number of carbonyl (C=O) groups excluding carboxylic acids is 1. The minimum Gasteiger partial charge on any atom is -0.462 e. The van der Waals surface area contributed by atoms with Gasteiger partial charge >= 0.3 is 17.6 Å². The highest BCUT2D eigenvalue weighted by Crippen LogP contribution is 2.48. The predicted molar refractivity (Wildman–Crippen MR) is 100 cm³/mol. The van der Waals surface area contributed by atoms with Gasteiger partial charge in [0.05, 0.1) is 18.1 Å². The first-order chi connectivity index (χ1) is 13.7. The quantitative estimate of drug-likeness (QED) is 0.275. The van der Waals surface area contributed by atoms with Crippen molar-refractivity contribution in [3.63, 3.8) is 0 Å². The Hall–Kier alpha value is -2.88. The SMILES string of the molecule is CCOC(=O)C(F)(F)CN(c1nc(Cl)ncc1[N+](=O)[O-])C1CC1c1ccccc1. The normalized spacial score (nSPS) is 18.2. The molecule has 0 aliphatic heterocycles. The zero-order valence-electron chi connectivity index (χ0n) is 15.3. The maximum atomic E-state index is 14.5. The number of hydrogen-bond acceptors (Lipinski definition) is 7. The number of rotatable bonds is 8. The summed E-state index contributed by atoms with van der Waals surface area (Å²) in [5.41, 5.74) is 0.317. The monoisotopic (exact) mass is 426 g/mol. The van der Waals surface area contributed by atoms with Gasteiger partial charge in [0.25, 0.3) is 0 Å². The number of carbonyl (C=O) groups is 1. The molecule has 8 nitrogen and oxygen atoms in total. The van der Waals surface area contributed by atoms with Crippen molar-refractivity contribution < 1.29 is 23.2 Å². The third-order valence-corrected chi connectivity index (χ3v) is 4.70. The maximum absolute atomic E-state index is 14.5. The second kappa shape index (κ2) is 8.24. The molecule has 3 rings (SSSR count). The number of esters is 1. The molecule has 1 saturated carbocycles. The largest absolute Gasteiger partial charge is 0.462 e. The van der Waals surface area contributed by atoms with Crippen molar-refractivity contribution in [2.24, 2.45) is 0 Å². The molecule has 11 heteroatoms. The summed E-state index contributed by atoms with van der Waals surface area (Å²) >= 11 is 5.78. The fourth-order valence-corrected chi connectivity index (χ4v) is 3.26. The number of ether oxygens (including phenoxy) is 1. The highest BCUT2D eigenvalue weighted by Gasteiger charge is 2.51. The summed E-state index contributed by atoms with van der Waals surface area (Å²) in [6, 6.07) is 8.60. The van der Waals surface area contributed by atoms with E-state index < -0.39 is 35.1 Å². The van der Waals surface area contributed by atoms with Crippen LogP contribution >= 0.6 is 11.6 Å². The van der Waals surface area contributed by atoms with Crippen LogP contribution in [0.1, 0.15) is 24.8 Å². The molecule has 2 aromatic rings. The van der Waals surface area contributed by atoms with Gasteiger partial charge in [-0.3, -0.25) is 10.1 Å². The molecule has 0 radical (unpaired) electrons. The second-order valence-electron chi connectivity index (χ2n) is 6.48. The lowest BCUT2D eigenvalue weighted by Gasteiger charge is -2.27. The molecule has 0 amide bonds. The number of anilines is 1. The van der Waals surface area contributed by atoms with Crippen LogP contribution in [0.5, 0.6) is 0 Å². The summed E-state index contributed by atoms with van der Waals surface area (Å²) in [7, 11) is 0. The van der Waals surface area contributed by atoms with Crippen molar-refractivity contribution in [2.45, 2.75) is 31.2 Å². The van der Waals surface area contributed by atoms with Crippen LogP contribution in [0.15, 0.2) is 36.5 Å². The van der Waals surface area contributed by atoms with E-state index in [4.69, 9.17) is 11.6 Å². The summed E-state index contributed by atoms with van der Waals surface area (Å²) in [5, 5.41) is 11.1. The van der Waals surface area contributed by atoms with E-state index in [-0.39, 0.29) is 23.6 Å². The Bertz CT molecular complexity index is 916. The van der Waals surface area contributed by atoms with E-state index in [2.05, 4.69) is 14.7 Å². The van der Waals surface area contributed by atoms with Gasteiger partial charge in [-0.05, 0) is 30.5 Å². The lowest BCUT2D eigenvalue weighted by molar-refractivity contribution is -0.384. The van der Waals surface area contributed by atoms with Gasteiger partial charge in [0, 0.05) is 12.0 Å². The zero-order valence-corrected chi connectivity index (χ0v) is 16.1. The molecular formula is C18H17ClF2N4O4. The Labute approximate surface area is 169 Å². The molecule has 1 aromatic heterocycles. The number of hydrogen-bond donors (Lipinski definition) is 0. The Balaban J connectivity index is 1.99. The van der Waals surface area contributed by atoms with Crippen LogP contribution in [0.2, 0.25) is 5.28 Å². The third-order valence-electron chi connectivity index (χ3n) is 4.52. The summed E-state index contributed by atoms with van der Waals surface area (Å²) in [4.78, 5) is 30.8. The Kier molecular flexibility index (Phi) is 5.92. The van der Waals surface area contributed by atoms with E-state index in [1.54, 1.807) is 0 Å². The van der Waals surface area contributed by atoms with Gasteiger partial charge < -0.3 is 9.64 Å². The molecule has 0 spiro atoms. The molecular weight excluding hydrogens is 410 g/mol. The summed E-state index contributed by atoms with van der Waals surface area (Å²) < 4.78 is 33.5. The zero-order chi connectivity index (χ0) is 21.2. The first kappa shape index (κ1) is 20.8. The number of nitro groups is 1. The molecule has 0 saturated heterocycles. The summed E-state index contributed by atoms with van der Waals surface area (Å²) in [6.07, 6.45) is 1.32. The van der Waals surface area contributed by atoms with Crippen LogP contribution in [0, 0.1) is 10.1 Å². The number of benzene rings is 1. The van der Waals surface area contributed by atoms with Crippen LogP contribution < -0.4 is 4.90 Å². The molecule has 0 N–H and O–H groups in total. The first-order valence-electron chi connectivity index (χ1n) is 8.78. The number of aromatic nitrogens is 2. The standard InChI is InChI=1S/C18H17ClF2N4O4/c1-2-29-16(26)18(20,21)10-24(13-8-12(13)11-6-4-3-5-7-11)15-14(25(27)28)9-22-17(19)23-15/h3-7,9,12-13H,2,8,10H2,1H3. The summed E-state index contributed by atoms with van der Waals surface area (Å²) in [5.74, 6) is -6.11. The maximum Gasteiger partial charge on any atom is 0.378 e. The van der Waals surface area contributed by atoms with E-state index in [1.807, 2.05) is 30.3 Å². The fraction of sp³-hybridized carbons (Fsp3) is 0.389. The highest BCUT2D eigenvalue weighted by atomic mass is 35.5. The van der Waals surface area contributed by atoms with Crippen molar-refractivity contribution >= 4 is 29.1 Å². The van der Waals surface area contributed by atoms with E-state index in [0.717, 1.165) is 16.7 Å². The average molecular weight is 427 g/mol. The Morgan fingerprint density at radius 1 is 1.41 bits per heavy atom. The van der Waals surface area contributed by atoms with E-state index >= 15 is 0 Å². The Morgan fingerprint density at radius 3 is 2.72 bits per heavy atom. The molecule has 1 aromatic carbocycles. The highest BCUT2D eigenvalue weighted by molar-refractivity contribution is 6.28. The first-order valence-corrected chi connectivity index (χ1v) is 9.16. The molecule has 1 fully saturated rings. The van der Waals surface area contributed by atoms with E-state index in [1.165, 1.54) is 6.92 Å². The Morgan fingerprint density at radius 2 is 2.10 bits per heavy atom. The van der Waals surface area contributed by atoms with Gasteiger partial charge in [0.2, 0.25) is 11.1 Å². The molecule has 1 aliphatic carbocycles. The van der Waals surface area contributed by atoms with Gasteiger partial charge in [-0.25, -0.2) is 9.78 Å². The van der Waals surface area contributed by atoms with Gasteiger partial charge in [-0.2, -0.15) is 13.8 Å². The van der Waals surface area contributed by atoms with Crippen LogP contribution in [0.4, 0.5) is 20.3 Å². The third kappa shape index (κ3) is 4.58. The van der Waals surface area contributed by atoms with Gasteiger partial charge in [-0.15, -0.1) is 0 Å². The van der Waals surface area contributed by atoms with Gasteiger partial charge in [0.15, 0.2) is 0 Å². The number of halogens is 3. The second-order valence-corrected chi connectivity index (χ2v) is 6.82. The smallest absolute Gasteiger partial charge is 0.378 e. The average Bonchev–Trinajstić information content (AvgIpc) is 3.47. The summed E-state index contributed by atoms with van der Waals surface area (Å²) in [6.45, 7) is 0.0606. The van der Waals surface area contributed by atoms with Crippen LogP contribution in [0.25, 0.3) is 0 Å². The molecule has 2 atom stereocenters. The minimum atomic E-state index is -3.90. The van der Waals surface area contributed by atoms with Crippen LogP contribution in [-0.2, 0) is 9.53 Å². The van der Waals surface area contributed by atoms with E-state index in [9.17, 15) is 23.7 Å². The number of nitrogens with zero attached hydrogens (tertiary/aromatic N) is 4. The van der Waals surface area contributed by atoms with Crippen LogP contribution in [0.3, 0.4) is 0 Å². The lowest BCUT2D eigenvalue weighted by Crippen LogP contribution is -2.45. The molecule has 1 heterocycles. The molecule has 29 heavy (non-hydrogen) atoms. The van der Waals surface area contributed by atoms with E-state index in [0.29, 0.717) is 6.42 Å². The molecule has 0 bridgehead atoms. The predicted octanol–water partition coefficient (Wildman–Crippen LogP) is 3.60. The topological polar surface area (TPSA) is 98.5 Å². The molecule has 154 valence electrons. The van der Waals surface area contributed by atoms with Crippen LogP contribution in [-0.4, -0.2) is 46.0 Å². The molecule has 1 aliphatic rings. The van der Waals surface area contributed by atoms with Crippen molar-refractivity contribution in [2.75, 3.05) is 18.1 Å². The van der Waals surface area contributed by atoms with Crippen molar-refractivity contribution in [3.05, 3.63) is 57.5 Å². The van der Waals surface area contributed by atoms with Gasteiger partial charge in [-0.1, -0.05) is 30.3 Å². The molecule has 2 unspecified atom stereocenters.